The topological polar surface area (TPSA) is 35.2 Å². The Bertz CT molecular complexity index is 340. The Kier molecular flexibility index (Phi) is 4.63. The molecule has 90 valence electrons. The van der Waals surface area contributed by atoms with Crippen molar-refractivity contribution >= 4 is 11.6 Å². The zero-order valence-corrected chi connectivity index (χ0v) is 11.1. The van der Waals surface area contributed by atoms with Crippen LogP contribution in [0, 0.1) is 19.8 Å². The highest BCUT2D eigenvalue weighted by Gasteiger charge is 2.09. The summed E-state index contributed by atoms with van der Waals surface area (Å²) in [5, 5.41) is 0.806. The van der Waals surface area contributed by atoms with Gasteiger partial charge in [-0.3, -0.25) is 0 Å². The van der Waals surface area contributed by atoms with Crippen molar-refractivity contribution in [1.82, 2.24) is 0 Å². The molecule has 0 aliphatic heterocycles. The van der Waals surface area contributed by atoms with Crippen molar-refractivity contribution in [3.63, 3.8) is 0 Å². The smallest absolute Gasteiger partial charge is 0.120 e. The van der Waals surface area contributed by atoms with Crippen molar-refractivity contribution in [2.45, 2.75) is 33.7 Å². The monoisotopic (exact) mass is 241 g/mol. The lowest BCUT2D eigenvalue weighted by atomic mass is 10.1. The standard InChI is InChI=1S/C13H20ClNO/c1-8(2)12(15)7-16-11-5-9(3)13(14)10(4)6-11/h5-6,8,12H,7,15H2,1-4H3. The van der Waals surface area contributed by atoms with Gasteiger partial charge in [-0.15, -0.1) is 0 Å². The van der Waals surface area contributed by atoms with Gasteiger partial charge < -0.3 is 10.5 Å². The molecule has 0 saturated carbocycles. The minimum atomic E-state index is 0.0660. The third kappa shape index (κ3) is 3.39. The highest BCUT2D eigenvalue weighted by molar-refractivity contribution is 6.32. The van der Waals surface area contributed by atoms with Gasteiger partial charge in [0.05, 0.1) is 0 Å². The molecule has 0 spiro atoms. The van der Waals surface area contributed by atoms with Gasteiger partial charge in [0.15, 0.2) is 0 Å². The number of benzene rings is 1. The predicted octanol–water partition coefficient (Wildman–Crippen LogP) is 3.32. The van der Waals surface area contributed by atoms with Crippen molar-refractivity contribution in [3.8, 4) is 5.75 Å². The van der Waals surface area contributed by atoms with Gasteiger partial charge in [-0.1, -0.05) is 25.4 Å². The van der Waals surface area contributed by atoms with Crippen LogP contribution in [-0.4, -0.2) is 12.6 Å². The largest absolute Gasteiger partial charge is 0.492 e. The summed E-state index contributed by atoms with van der Waals surface area (Å²) in [5.41, 5.74) is 7.99. The third-order valence-electron chi connectivity index (χ3n) is 2.71. The molecule has 0 aliphatic rings. The van der Waals surface area contributed by atoms with E-state index < -0.39 is 0 Å². The lowest BCUT2D eigenvalue weighted by molar-refractivity contribution is 0.259. The number of halogens is 1. The van der Waals surface area contributed by atoms with Gasteiger partial charge >= 0.3 is 0 Å². The second-order valence-corrected chi connectivity index (χ2v) is 4.97. The van der Waals surface area contributed by atoms with Crippen LogP contribution in [0.3, 0.4) is 0 Å². The number of aryl methyl sites for hydroxylation is 2. The number of rotatable bonds is 4. The summed E-state index contributed by atoms with van der Waals surface area (Å²) in [6, 6.07) is 3.96. The van der Waals surface area contributed by atoms with Crippen LogP contribution in [0.4, 0.5) is 0 Å². The first-order valence-corrected chi connectivity index (χ1v) is 5.94. The quantitative estimate of drug-likeness (QED) is 0.878. The summed E-state index contributed by atoms with van der Waals surface area (Å²) in [5.74, 6) is 1.27. The summed E-state index contributed by atoms with van der Waals surface area (Å²) >= 11 is 6.08. The second kappa shape index (κ2) is 5.55. The molecule has 0 heterocycles. The molecular weight excluding hydrogens is 222 g/mol. The van der Waals surface area contributed by atoms with Gasteiger partial charge in [-0.05, 0) is 43.0 Å². The van der Waals surface area contributed by atoms with Gasteiger partial charge in [0.2, 0.25) is 0 Å². The molecule has 2 N–H and O–H groups in total. The summed E-state index contributed by atoms with van der Waals surface area (Å²) in [4.78, 5) is 0. The maximum atomic E-state index is 6.08. The van der Waals surface area contributed by atoms with Crippen LogP contribution >= 0.6 is 11.6 Å². The number of hydrogen-bond acceptors (Lipinski definition) is 2. The molecule has 1 atom stereocenters. The summed E-state index contributed by atoms with van der Waals surface area (Å²) in [7, 11) is 0. The molecule has 0 aliphatic carbocycles. The van der Waals surface area contributed by atoms with E-state index in [1.807, 2.05) is 26.0 Å². The fraction of sp³-hybridized carbons (Fsp3) is 0.538. The molecule has 0 aromatic heterocycles. The average Bonchev–Trinajstić information content (AvgIpc) is 2.22. The van der Waals surface area contributed by atoms with E-state index in [4.69, 9.17) is 22.1 Å². The zero-order chi connectivity index (χ0) is 12.3. The van der Waals surface area contributed by atoms with Crippen LogP contribution in [0.2, 0.25) is 5.02 Å². The van der Waals surface area contributed by atoms with Crippen LogP contribution in [0.5, 0.6) is 5.75 Å². The van der Waals surface area contributed by atoms with E-state index >= 15 is 0 Å². The van der Waals surface area contributed by atoms with Crippen LogP contribution < -0.4 is 10.5 Å². The third-order valence-corrected chi connectivity index (χ3v) is 3.30. The lowest BCUT2D eigenvalue weighted by Gasteiger charge is -2.17. The molecule has 1 aromatic carbocycles. The molecule has 16 heavy (non-hydrogen) atoms. The normalized spacial score (nSPS) is 12.9. The molecule has 0 fully saturated rings. The van der Waals surface area contributed by atoms with E-state index in [0.717, 1.165) is 21.9 Å². The first-order valence-electron chi connectivity index (χ1n) is 5.57. The Balaban J connectivity index is 2.68. The van der Waals surface area contributed by atoms with E-state index in [0.29, 0.717) is 12.5 Å². The number of hydrogen-bond donors (Lipinski definition) is 1. The Morgan fingerprint density at radius 2 is 1.75 bits per heavy atom. The maximum Gasteiger partial charge on any atom is 0.120 e. The minimum absolute atomic E-state index is 0.0660. The van der Waals surface area contributed by atoms with Crippen LogP contribution in [-0.2, 0) is 0 Å². The van der Waals surface area contributed by atoms with Gasteiger partial charge in [0.1, 0.15) is 12.4 Å². The van der Waals surface area contributed by atoms with Crippen molar-refractivity contribution in [2.75, 3.05) is 6.61 Å². The highest BCUT2D eigenvalue weighted by Crippen LogP contribution is 2.25. The van der Waals surface area contributed by atoms with Gasteiger partial charge in [0.25, 0.3) is 0 Å². The van der Waals surface area contributed by atoms with E-state index in [2.05, 4.69) is 13.8 Å². The van der Waals surface area contributed by atoms with E-state index in [1.165, 1.54) is 0 Å². The van der Waals surface area contributed by atoms with Crippen LogP contribution in [0.1, 0.15) is 25.0 Å². The molecule has 1 aromatic rings. The fourth-order valence-electron chi connectivity index (χ4n) is 1.37. The van der Waals surface area contributed by atoms with Gasteiger partial charge in [-0.25, -0.2) is 0 Å². The molecule has 2 nitrogen and oxygen atoms in total. The molecule has 0 amide bonds. The SMILES string of the molecule is Cc1cc(OCC(N)C(C)C)cc(C)c1Cl. The van der Waals surface area contributed by atoms with Gasteiger partial charge in [0, 0.05) is 11.1 Å². The molecule has 1 unspecified atom stereocenters. The molecule has 1 rings (SSSR count). The van der Waals surface area contributed by atoms with Crippen LogP contribution in [0.25, 0.3) is 0 Å². The highest BCUT2D eigenvalue weighted by atomic mass is 35.5. The number of nitrogens with two attached hydrogens (primary N) is 1. The van der Waals surface area contributed by atoms with Crippen LogP contribution in [0.15, 0.2) is 12.1 Å². The Hall–Kier alpha value is -0.730. The lowest BCUT2D eigenvalue weighted by Crippen LogP contribution is -2.33. The van der Waals surface area contributed by atoms with E-state index in [1.54, 1.807) is 0 Å². The maximum absolute atomic E-state index is 6.08. The molecular formula is C13H20ClNO. The fourth-order valence-corrected chi connectivity index (χ4v) is 1.48. The van der Waals surface area contributed by atoms with Gasteiger partial charge in [-0.2, -0.15) is 0 Å². The van der Waals surface area contributed by atoms with Crippen molar-refractivity contribution in [1.29, 1.82) is 0 Å². The number of ether oxygens (including phenoxy) is 1. The van der Waals surface area contributed by atoms with Crippen molar-refractivity contribution in [2.24, 2.45) is 11.7 Å². The van der Waals surface area contributed by atoms with Crippen molar-refractivity contribution < 1.29 is 4.74 Å². The first-order chi connectivity index (χ1) is 7.41. The predicted molar refractivity (Wildman–Crippen MR) is 69.2 cm³/mol. The van der Waals surface area contributed by atoms with Crippen molar-refractivity contribution in [3.05, 3.63) is 28.3 Å². The Labute approximate surface area is 103 Å². The first kappa shape index (κ1) is 13.3. The molecule has 0 saturated heterocycles. The summed E-state index contributed by atoms with van der Waals surface area (Å²) in [6.45, 7) is 8.67. The summed E-state index contributed by atoms with van der Waals surface area (Å²) < 4.78 is 5.66. The minimum Gasteiger partial charge on any atom is -0.492 e. The molecule has 3 heteroatoms. The summed E-state index contributed by atoms with van der Waals surface area (Å²) in [6.07, 6.45) is 0. The second-order valence-electron chi connectivity index (χ2n) is 4.59. The zero-order valence-electron chi connectivity index (χ0n) is 10.4. The van der Waals surface area contributed by atoms with E-state index in [-0.39, 0.29) is 6.04 Å². The molecule has 0 radical (unpaired) electrons. The Morgan fingerprint density at radius 3 is 2.19 bits per heavy atom. The van der Waals surface area contributed by atoms with E-state index in [9.17, 15) is 0 Å². The average molecular weight is 242 g/mol. The molecule has 0 bridgehead atoms. The Morgan fingerprint density at radius 1 is 1.25 bits per heavy atom.